The van der Waals surface area contributed by atoms with Crippen molar-refractivity contribution in [3.63, 3.8) is 0 Å². The Morgan fingerprint density at radius 1 is 1.13 bits per heavy atom. The van der Waals surface area contributed by atoms with Gasteiger partial charge in [0.25, 0.3) is 0 Å². The Morgan fingerprint density at radius 3 is 1.87 bits per heavy atom. The van der Waals surface area contributed by atoms with Crippen molar-refractivity contribution < 1.29 is 29.1 Å². The summed E-state index contributed by atoms with van der Waals surface area (Å²) in [5.41, 5.74) is 10.9. The molecule has 8 N–H and O–H groups in total. The van der Waals surface area contributed by atoms with Crippen LogP contribution in [0.2, 0.25) is 0 Å². The van der Waals surface area contributed by atoms with Gasteiger partial charge in [0.1, 0.15) is 6.10 Å². The van der Waals surface area contributed by atoms with Crippen molar-refractivity contribution in [1.29, 1.82) is 0 Å². The van der Waals surface area contributed by atoms with Crippen molar-refractivity contribution in [2.24, 2.45) is 11.5 Å². The molecule has 1 saturated carbocycles. The molecular formula is C6H15N2O6P. The molecule has 0 radical (unpaired) electrons. The summed E-state index contributed by atoms with van der Waals surface area (Å²) in [7, 11) is -4.79. The molecule has 0 spiro atoms. The van der Waals surface area contributed by atoms with Gasteiger partial charge in [-0.3, -0.25) is 4.52 Å². The lowest BCUT2D eigenvalue weighted by atomic mass is 9.85. The molecule has 0 aliphatic heterocycles. The Labute approximate surface area is 86.1 Å². The quantitative estimate of drug-likeness (QED) is 0.284. The average molecular weight is 242 g/mol. The van der Waals surface area contributed by atoms with Crippen LogP contribution in [0.5, 0.6) is 0 Å². The summed E-state index contributed by atoms with van der Waals surface area (Å²) in [6.45, 7) is 0. The molecule has 0 aromatic rings. The molecule has 0 saturated heterocycles. The number of aliphatic hydroxyl groups is 2. The first-order valence-electron chi connectivity index (χ1n) is 4.33. The third-order valence-electron chi connectivity index (χ3n) is 2.35. The fraction of sp³-hybridized carbons (Fsp3) is 1.00. The molecule has 0 aromatic heterocycles. The molecule has 1 aliphatic carbocycles. The largest absolute Gasteiger partial charge is 0.470 e. The van der Waals surface area contributed by atoms with Crippen LogP contribution in [0.1, 0.15) is 6.42 Å². The van der Waals surface area contributed by atoms with Crippen LogP contribution in [-0.2, 0) is 9.09 Å². The second kappa shape index (κ2) is 4.44. The maximum Gasteiger partial charge on any atom is 0.470 e. The highest BCUT2D eigenvalue weighted by Crippen LogP contribution is 2.40. The van der Waals surface area contributed by atoms with Gasteiger partial charge in [0.2, 0.25) is 0 Å². The smallest absolute Gasteiger partial charge is 0.389 e. The first-order chi connectivity index (χ1) is 6.72. The Kier molecular flexibility index (Phi) is 3.85. The zero-order valence-electron chi connectivity index (χ0n) is 7.80. The maximum atomic E-state index is 10.6. The van der Waals surface area contributed by atoms with Crippen molar-refractivity contribution in [1.82, 2.24) is 0 Å². The van der Waals surface area contributed by atoms with E-state index in [1.807, 2.05) is 0 Å². The molecule has 8 nitrogen and oxygen atoms in total. The molecule has 1 fully saturated rings. The fourth-order valence-electron chi connectivity index (χ4n) is 1.57. The van der Waals surface area contributed by atoms with E-state index in [1.54, 1.807) is 0 Å². The van der Waals surface area contributed by atoms with E-state index in [0.29, 0.717) is 0 Å². The molecule has 4 atom stereocenters. The second-order valence-corrected chi connectivity index (χ2v) is 4.80. The van der Waals surface area contributed by atoms with E-state index < -0.39 is 38.2 Å². The Hall–Kier alpha value is -0.0500. The summed E-state index contributed by atoms with van der Waals surface area (Å²) in [4.78, 5) is 17.1. The summed E-state index contributed by atoms with van der Waals surface area (Å²) in [5, 5.41) is 19.0. The first kappa shape index (κ1) is 13.0. The highest BCUT2D eigenvalue weighted by molar-refractivity contribution is 7.46. The third-order valence-corrected chi connectivity index (χ3v) is 2.87. The van der Waals surface area contributed by atoms with E-state index in [-0.39, 0.29) is 6.42 Å². The fourth-order valence-corrected chi connectivity index (χ4v) is 2.13. The van der Waals surface area contributed by atoms with Gasteiger partial charge >= 0.3 is 7.82 Å². The van der Waals surface area contributed by atoms with Gasteiger partial charge in [-0.2, -0.15) is 0 Å². The molecule has 0 aromatic carbocycles. The van der Waals surface area contributed by atoms with Crippen molar-refractivity contribution in [2.45, 2.75) is 36.8 Å². The van der Waals surface area contributed by atoms with E-state index in [4.69, 9.17) is 21.3 Å². The van der Waals surface area contributed by atoms with Gasteiger partial charge in [0, 0.05) is 12.1 Å². The topological polar surface area (TPSA) is 159 Å². The minimum Gasteiger partial charge on any atom is -0.389 e. The van der Waals surface area contributed by atoms with Gasteiger partial charge in [0.15, 0.2) is 0 Å². The number of rotatable bonds is 2. The van der Waals surface area contributed by atoms with Crippen LogP contribution in [0, 0.1) is 0 Å². The lowest BCUT2D eigenvalue weighted by Gasteiger charge is -2.39. The van der Waals surface area contributed by atoms with Gasteiger partial charge < -0.3 is 31.5 Å². The lowest BCUT2D eigenvalue weighted by molar-refractivity contribution is -0.0961. The molecule has 15 heavy (non-hydrogen) atoms. The molecule has 4 unspecified atom stereocenters. The number of hydrogen-bond acceptors (Lipinski definition) is 6. The number of aliphatic hydroxyl groups excluding tert-OH is 2. The normalized spacial score (nSPS) is 42.9. The SMILES string of the molecule is NC1CC(N)C(O)C(OP(=O)(O)O)C1O. The monoisotopic (exact) mass is 242 g/mol. The summed E-state index contributed by atoms with van der Waals surface area (Å²) in [5.74, 6) is 0. The highest BCUT2D eigenvalue weighted by Gasteiger charge is 2.44. The van der Waals surface area contributed by atoms with Crippen LogP contribution in [-0.4, -0.2) is 50.4 Å². The number of nitrogens with two attached hydrogens (primary N) is 2. The van der Waals surface area contributed by atoms with Crippen LogP contribution in [0.25, 0.3) is 0 Å². The van der Waals surface area contributed by atoms with Crippen molar-refractivity contribution in [2.75, 3.05) is 0 Å². The highest BCUT2D eigenvalue weighted by atomic mass is 31.2. The van der Waals surface area contributed by atoms with Crippen LogP contribution in [0.3, 0.4) is 0 Å². The summed E-state index contributed by atoms with van der Waals surface area (Å²) in [6.07, 6.45) is -4.02. The average Bonchev–Trinajstić information content (AvgIpc) is 2.08. The summed E-state index contributed by atoms with van der Waals surface area (Å²) >= 11 is 0. The van der Waals surface area contributed by atoms with Crippen LogP contribution in [0.4, 0.5) is 0 Å². The van der Waals surface area contributed by atoms with Crippen molar-refractivity contribution in [3.8, 4) is 0 Å². The summed E-state index contributed by atoms with van der Waals surface area (Å²) < 4.78 is 14.8. The summed E-state index contributed by atoms with van der Waals surface area (Å²) in [6, 6.07) is -1.56. The molecule has 9 heteroatoms. The van der Waals surface area contributed by atoms with Gasteiger partial charge in [0.05, 0.1) is 12.2 Å². The Morgan fingerprint density at radius 2 is 1.53 bits per heavy atom. The van der Waals surface area contributed by atoms with E-state index in [0.717, 1.165) is 0 Å². The van der Waals surface area contributed by atoms with E-state index >= 15 is 0 Å². The Bertz CT molecular complexity index is 256. The second-order valence-electron chi connectivity index (χ2n) is 3.61. The maximum absolute atomic E-state index is 10.6. The molecule has 0 bridgehead atoms. The third kappa shape index (κ3) is 3.20. The van der Waals surface area contributed by atoms with Gasteiger partial charge in [-0.25, -0.2) is 4.57 Å². The van der Waals surface area contributed by atoms with Gasteiger partial charge in [-0.15, -0.1) is 0 Å². The minimum atomic E-state index is -4.79. The van der Waals surface area contributed by atoms with Crippen molar-refractivity contribution >= 4 is 7.82 Å². The van der Waals surface area contributed by atoms with Crippen LogP contribution in [0.15, 0.2) is 0 Å². The van der Waals surface area contributed by atoms with E-state index in [1.165, 1.54) is 0 Å². The zero-order chi connectivity index (χ0) is 11.8. The van der Waals surface area contributed by atoms with Gasteiger partial charge in [-0.1, -0.05) is 0 Å². The standard InChI is InChI=1S/C6H15N2O6P/c7-2-1-3(8)5(10)6(4(2)9)14-15(11,12)13/h2-6,9-10H,1,7-8H2,(H2,11,12,13). The predicted octanol–water partition coefficient (Wildman–Crippen LogP) is -2.76. The molecule has 0 amide bonds. The minimum absolute atomic E-state index is 0.156. The van der Waals surface area contributed by atoms with Crippen LogP contribution >= 0.6 is 7.82 Å². The molecule has 0 heterocycles. The zero-order valence-corrected chi connectivity index (χ0v) is 8.70. The van der Waals surface area contributed by atoms with E-state index in [2.05, 4.69) is 4.52 Å². The van der Waals surface area contributed by atoms with Crippen molar-refractivity contribution in [3.05, 3.63) is 0 Å². The number of phosphoric acid groups is 1. The first-order valence-corrected chi connectivity index (χ1v) is 5.86. The Balaban J connectivity index is 2.78. The molecule has 90 valence electrons. The lowest BCUT2D eigenvalue weighted by Crippen LogP contribution is -2.61. The molecule has 1 aliphatic rings. The van der Waals surface area contributed by atoms with Crippen LogP contribution < -0.4 is 11.5 Å². The molecule has 1 rings (SSSR count). The molecular weight excluding hydrogens is 227 g/mol. The van der Waals surface area contributed by atoms with Gasteiger partial charge in [-0.05, 0) is 6.42 Å². The number of hydrogen-bond donors (Lipinski definition) is 6. The number of phosphoric ester groups is 1. The van der Waals surface area contributed by atoms with E-state index in [9.17, 15) is 14.8 Å². The predicted molar refractivity (Wildman–Crippen MR) is 49.5 cm³/mol.